The predicted octanol–water partition coefficient (Wildman–Crippen LogP) is 4.19. The monoisotopic (exact) mass is 368 g/mol. The summed E-state index contributed by atoms with van der Waals surface area (Å²) in [5, 5.41) is 1.21. The molecule has 2 aromatic carbocycles. The second kappa shape index (κ2) is 6.47. The number of aromatic nitrogens is 1. The molecule has 0 atom stereocenters. The van der Waals surface area contributed by atoms with Crippen molar-refractivity contribution in [3.8, 4) is 11.1 Å². The Kier molecular flexibility index (Phi) is 4.27. The topological polar surface area (TPSA) is 53.2 Å². The van der Waals surface area contributed by atoms with Gasteiger partial charge in [-0.05, 0) is 59.7 Å². The van der Waals surface area contributed by atoms with Gasteiger partial charge >= 0.3 is 0 Å². The Morgan fingerprint density at radius 1 is 0.962 bits per heavy atom. The van der Waals surface area contributed by atoms with Crippen molar-refractivity contribution in [2.24, 2.45) is 0 Å². The average molecular weight is 369 g/mol. The van der Waals surface area contributed by atoms with Crippen LogP contribution in [0.2, 0.25) is 0 Å². The highest BCUT2D eigenvalue weighted by Crippen LogP contribution is 2.35. The van der Waals surface area contributed by atoms with E-state index in [1.165, 1.54) is 27.8 Å². The molecular formula is C21H24N2O2S. The largest absolute Gasteiger partial charge is 0.378 e. The van der Waals surface area contributed by atoms with Crippen LogP contribution in [0, 0.1) is 0 Å². The lowest BCUT2D eigenvalue weighted by atomic mass is 9.92. The van der Waals surface area contributed by atoms with Crippen LogP contribution in [-0.2, 0) is 9.84 Å². The van der Waals surface area contributed by atoms with Crippen LogP contribution in [0.1, 0.15) is 24.3 Å². The highest BCUT2D eigenvalue weighted by molar-refractivity contribution is 7.91. The molecule has 4 rings (SSSR count). The van der Waals surface area contributed by atoms with Crippen molar-refractivity contribution in [2.75, 3.05) is 30.5 Å². The summed E-state index contributed by atoms with van der Waals surface area (Å²) < 4.78 is 23.5. The summed E-state index contributed by atoms with van der Waals surface area (Å²) in [7, 11) is 1.24. The van der Waals surface area contributed by atoms with E-state index >= 15 is 0 Å². The number of anilines is 1. The maximum absolute atomic E-state index is 11.7. The summed E-state index contributed by atoms with van der Waals surface area (Å²) in [6.07, 6.45) is 3.50. The van der Waals surface area contributed by atoms with Gasteiger partial charge < -0.3 is 9.88 Å². The molecule has 0 unspecified atom stereocenters. The number of fused-ring (bicyclic) bond motifs is 1. The van der Waals surface area contributed by atoms with Gasteiger partial charge in [-0.3, -0.25) is 0 Å². The third-order valence-corrected chi connectivity index (χ3v) is 7.14. The Morgan fingerprint density at radius 2 is 1.62 bits per heavy atom. The fourth-order valence-corrected chi connectivity index (χ4v) is 5.30. The van der Waals surface area contributed by atoms with Crippen LogP contribution < -0.4 is 4.90 Å². The lowest BCUT2D eigenvalue weighted by molar-refractivity contribution is 0.551. The summed E-state index contributed by atoms with van der Waals surface area (Å²) in [6.45, 7) is 0. The maximum Gasteiger partial charge on any atom is 0.150 e. The molecule has 1 saturated heterocycles. The molecule has 1 fully saturated rings. The normalized spacial score (nSPS) is 17.5. The first kappa shape index (κ1) is 17.2. The Balaban J connectivity index is 1.68. The summed E-state index contributed by atoms with van der Waals surface area (Å²) >= 11 is 0. The van der Waals surface area contributed by atoms with Crippen LogP contribution >= 0.6 is 0 Å². The molecule has 1 N–H and O–H groups in total. The third-order valence-electron chi connectivity index (χ3n) is 5.43. The first-order valence-corrected chi connectivity index (χ1v) is 10.8. The van der Waals surface area contributed by atoms with E-state index in [0.29, 0.717) is 17.4 Å². The van der Waals surface area contributed by atoms with Crippen LogP contribution in [0.5, 0.6) is 0 Å². The minimum atomic E-state index is -2.84. The van der Waals surface area contributed by atoms with E-state index in [2.05, 4.69) is 58.5 Å². The summed E-state index contributed by atoms with van der Waals surface area (Å²) in [6, 6.07) is 15.0. The number of hydrogen-bond acceptors (Lipinski definition) is 3. The van der Waals surface area contributed by atoms with Gasteiger partial charge in [-0.1, -0.05) is 18.2 Å². The molecule has 1 aromatic heterocycles. The second-order valence-corrected chi connectivity index (χ2v) is 9.68. The van der Waals surface area contributed by atoms with Crippen LogP contribution in [0.3, 0.4) is 0 Å². The zero-order chi connectivity index (χ0) is 18.3. The van der Waals surface area contributed by atoms with Gasteiger partial charge in [0, 0.05) is 36.9 Å². The Bertz CT molecular complexity index is 1020. The number of nitrogens with zero attached hydrogens (tertiary/aromatic N) is 1. The fraction of sp³-hybridized carbons (Fsp3) is 0.333. The fourth-order valence-electron chi connectivity index (χ4n) is 3.81. The molecule has 0 saturated carbocycles. The molecule has 2 heterocycles. The smallest absolute Gasteiger partial charge is 0.150 e. The molecule has 0 amide bonds. The standard InChI is InChI=1S/C21H24N2O2S/c1-23(2)18-6-3-15(4-7-18)17-5-8-21-19(13-17)20(14-22-21)16-9-11-26(24,25)12-10-16/h3-8,13-14,16,22H,9-12H2,1-2H3. The van der Waals surface area contributed by atoms with Crippen LogP contribution in [0.25, 0.3) is 22.0 Å². The molecule has 136 valence electrons. The summed E-state index contributed by atoms with van der Waals surface area (Å²) in [4.78, 5) is 5.44. The lowest BCUT2D eigenvalue weighted by Crippen LogP contribution is -2.21. The molecule has 0 bridgehead atoms. The average Bonchev–Trinajstić information content (AvgIpc) is 3.05. The zero-order valence-corrected chi connectivity index (χ0v) is 16.0. The predicted molar refractivity (Wildman–Crippen MR) is 109 cm³/mol. The molecule has 5 heteroatoms. The molecule has 0 radical (unpaired) electrons. The minimum Gasteiger partial charge on any atom is -0.378 e. The Labute approximate surface area is 154 Å². The van der Waals surface area contributed by atoms with E-state index in [-0.39, 0.29) is 0 Å². The minimum absolute atomic E-state index is 0.302. The third kappa shape index (κ3) is 3.23. The van der Waals surface area contributed by atoms with Crippen molar-refractivity contribution in [1.29, 1.82) is 0 Å². The lowest BCUT2D eigenvalue weighted by Gasteiger charge is -2.21. The van der Waals surface area contributed by atoms with E-state index in [1.807, 2.05) is 14.1 Å². The van der Waals surface area contributed by atoms with Crippen LogP contribution in [-0.4, -0.2) is 39.0 Å². The van der Waals surface area contributed by atoms with Gasteiger partial charge in [0.25, 0.3) is 0 Å². The van der Waals surface area contributed by atoms with Crippen LogP contribution in [0.15, 0.2) is 48.7 Å². The molecule has 1 aliphatic heterocycles. The van der Waals surface area contributed by atoms with Crippen molar-refractivity contribution in [3.05, 3.63) is 54.2 Å². The highest BCUT2D eigenvalue weighted by atomic mass is 32.2. The molecular weight excluding hydrogens is 344 g/mol. The van der Waals surface area contributed by atoms with E-state index in [1.54, 1.807) is 0 Å². The molecule has 4 nitrogen and oxygen atoms in total. The van der Waals surface area contributed by atoms with Crippen molar-refractivity contribution < 1.29 is 8.42 Å². The molecule has 3 aromatic rings. The number of H-pyrrole nitrogens is 1. The van der Waals surface area contributed by atoms with Gasteiger partial charge in [0.1, 0.15) is 9.84 Å². The molecule has 26 heavy (non-hydrogen) atoms. The number of rotatable bonds is 3. The van der Waals surface area contributed by atoms with Gasteiger partial charge in [-0.25, -0.2) is 8.42 Å². The number of benzene rings is 2. The number of nitrogens with one attached hydrogen (secondary N) is 1. The van der Waals surface area contributed by atoms with E-state index in [4.69, 9.17) is 0 Å². The van der Waals surface area contributed by atoms with Crippen molar-refractivity contribution in [3.63, 3.8) is 0 Å². The van der Waals surface area contributed by atoms with Gasteiger partial charge in [0.05, 0.1) is 11.5 Å². The van der Waals surface area contributed by atoms with Gasteiger partial charge in [0.15, 0.2) is 0 Å². The highest BCUT2D eigenvalue weighted by Gasteiger charge is 2.26. The van der Waals surface area contributed by atoms with E-state index in [0.717, 1.165) is 18.4 Å². The maximum atomic E-state index is 11.7. The van der Waals surface area contributed by atoms with Crippen LogP contribution in [0.4, 0.5) is 5.69 Å². The SMILES string of the molecule is CN(C)c1ccc(-c2ccc3[nH]cc(C4CCS(=O)(=O)CC4)c3c2)cc1. The number of sulfone groups is 1. The molecule has 0 spiro atoms. The number of hydrogen-bond donors (Lipinski definition) is 1. The zero-order valence-electron chi connectivity index (χ0n) is 15.2. The molecule has 0 aliphatic carbocycles. The van der Waals surface area contributed by atoms with Crippen molar-refractivity contribution in [2.45, 2.75) is 18.8 Å². The quantitative estimate of drug-likeness (QED) is 0.754. The van der Waals surface area contributed by atoms with Gasteiger partial charge in [-0.15, -0.1) is 0 Å². The first-order chi connectivity index (χ1) is 12.4. The second-order valence-electron chi connectivity index (χ2n) is 7.37. The van der Waals surface area contributed by atoms with E-state index < -0.39 is 9.84 Å². The number of aromatic amines is 1. The Hall–Kier alpha value is -2.27. The summed E-state index contributed by atoms with van der Waals surface area (Å²) in [5.74, 6) is 0.921. The van der Waals surface area contributed by atoms with E-state index in [9.17, 15) is 8.42 Å². The van der Waals surface area contributed by atoms with Gasteiger partial charge in [-0.2, -0.15) is 0 Å². The Morgan fingerprint density at radius 3 is 2.27 bits per heavy atom. The first-order valence-electron chi connectivity index (χ1n) is 9.02. The van der Waals surface area contributed by atoms with Crippen molar-refractivity contribution in [1.82, 2.24) is 4.98 Å². The van der Waals surface area contributed by atoms with Crippen molar-refractivity contribution >= 4 is 26.4 Å². The summed E-state index contributed by atoms with van der Waals surface area (Å²) in [5.41, 5.74) is 5.92. The van der Waals surface area contributed by atoms with Gasteiger partial charge in [0.2, 0.25) is 0 Å². The molecule has 1 aliphatic rings.